The maximum atomic E-state index is 8.60. The predicted molar refractivity (Wildman–Crippen MR) is 55.4 cm³/mol. The van der Waals surface area contributed by atoms with Crippen LogP contribution in [0.2, 0.25) is 0 Å². The van der Waals surface area contributed by atoms with Crippen molar-refractivity contribution in [3.63, 3.8) is 0 Å². The molecule has 0 aliphatic heterocycles. The summed E-state index contributed by atoms with van der Waals surface area (Å²) in [4.78, 5) is 1.56. The highest BCUT2D eigenvalue weighted by Crippen LogP contribution is 2.07. The van der Waals surface area contributed by atoms with Crippen LogP contribution in [0, 0.1) is 18.3 Å². The highest BCUT2D eigenvalue weighted by atomic mass is 15.5. The number of rotatable bonds is 2. The lowest BCUT2D eigenvalue weighted by Crippen LogP contribution is -1.98. The molecule has 1 heterocycles. The summed E-state index contributed by atoms with van der Waals surface area (Å²) in [6, 6.07) is 11.7. The molecule has 0 unspecified atom stereocenters. The fourth-order valence-electron chi connectivity index (χ4n) is 1.32. The Morgan fingerprint density at radius 1 is 1.27 bits per heavy atom. The molecule has 0 saturated heterocycles. The van der Waals surface area contributed by atoms with Gasteiger partial charge in [-0.25, -0.2) is 0 Å². The van der Waals surface area contributed by atoms with E-state index in [2.05, 4.69) is 16.3 Å². The third-order valence-electron chi connectivity index (χ3n) is 2.11. The lowest BCUT2D eigenvalue weighted by atomic mass is 10.3. The molecule has 0 saturated carbocycles. The molecule has 0 atom stereocenters. The van der Waals surface area contributed by atoms with Crippen molar-refractivity contribution in [1.82, 2.24) is 15.0 Å². The molecule has 15 heavy (non-hydrogen) atoms. The van der Waals surface area contributed by atoms with Gasteiger partial charge in [0.2, 0.25) is 0 Å². The van der Waals surface area contributed by atoms with Crippen LogP contribution in [0.25, 0.3) is 5.69 Å². The maximum absolute atomic E-state index is 8.60. The Labute approximate surface area is 87.8 Å². The standard InChI is InChI=1S/C11H10N4/c1-9-11(7-8-12)14-15(13-9)10-5-3-2-4-6-10/h2-6H,7H2,1H3. The summed E-state index contributed by atoms with van der Waals surface area (Å²) in [6.45, 7) is 1.86. The first kappa shape index (κ1) is 9.41. The number of para-hydroxylation sites is 1. The van der Waals surface area contributed by atoms with Crippen molar-refractivity contribution in [2.24, 2.45) is 0 Å². The lowest BCUT2D eigenvalue weighted by molar-refractivity contribution is 0.739. The average Bonchev–Trinajstić information content (AvgIpc) is 2.63. The first-order chi connectivity index (χ1) is 7.31. The minimum atomic E-state index is 0.304. The van der Waals surface area contributed by atoms with Gasteiger partial charge in [0.1, 0.15) is 5.69 Å². The highest BCUT2D eigenvalue weighted by Gasteiger charge is 2.06. The molecule has 74 valence electrons. The van der Waals surface area contributed by atoms with E-state index >= 15 is 0 Å². The second-order valence-electron chi connectivity index (χ2n) is 3.19. The van der Waals surface area contributed by atoms with Crippen molar-refractivity contribution in [2.75, 3.05) is 0 Å². The number of nitrogens with zero attached hydrogens (tertiary/aromatic N) is 4. The van der Waals surface area contributed by atoms with Crippen LogP contribution >= 0.6 is 0 Å². The quantitative estimate of drug-likeness (QED) is 0.737. The zero-order valence-corrected chi connectivity index (χ0v) is 8.38. The molecule has 0 radical (unpaired) electrons. The molecule has 0 amide bonds. The van der Waals surface area contributed by atoms with Gasteiger partial charge < -0.3 is 0 Å². The van der Waals surface area contributed by atoms with Gasteiger partial charge in [-0.2, -0.15) is 20.3 Å². The molecule has 1 aromatic heterocycles. The fourth-order valence-corrected chi connectivity index (χ4v) is 1.32. The minimum absolute atomic E-state index is 0.304. The van der Waals surface area contributed by atoms with Crippen LogP contribution in [0.15, 0.2) is 30.3 Å². The first-order valence-corrected chi connectivity index (χ1v) is 4.66. The molecule has 0 aliphatic rings. The van der Waals surface area contributed by atoms with Crippen LogP contribution < -0.4 is 0 Å². The molecule has 2 rings (SSSR count). The summed E-state index contributed by atoms with van der Waals surface area (Å²) in [5.74, 6) is 0. The van der Waals surface area contributed by atoms with E-state index in [-0.39, 0.29) is 0 Å². The largest absolute Gasteiger partial charge is 0.198 e. The molecular formula is C11H10N4. The van der Waals surface area contributed by atoms with Gasteiger partial charge in [-0.15, -0.1) is 0 Å². The van der Waals surface area contributed by atoms with Gasteiger partial charge in [-0.3, -0.25) is 0 Å². The average molecular weight is 198 g/mol. The monoisotopic (exact) mass is 198 g/mol. The van der Waals surface area contributed by atoms with E-state index in [0.29, 0.717) is 6.42 Å². The second-order valence-corrected chi connectivity index (χ2v) is 3.19. The summed E-state index contributed by atoms with van der Waals surface area (Å²) in [7, 11) is 0. The van der Waals surface area contributed by atoms with Crippen molar-refractivity contribution in [3.05, 3.63) is 41.7 Å². The molecular weight excluding hydrogens is 188 g/mol. The zero-order chi connectivity index (χ0) is 10.7. The lowest BCUT2D eigenvalue weighted by Gasteiger charge is -1.96. The zero-order valence-electron chi connectivity index (χ0n) is 8.38. The topological polar surface area (TPSA) is 54.5 Å². The molecule has 2 aromatic rings. The van der Waals surface area contributed by atoms with Crippen LogP contribution in [0.4, 0.5) is 0 Å². The van der Waals surface area contributed by atoms with Crippen LogP contribution in [-0.2, 0) is 6.42 Å². The number of nitriles is 1. The van der Waals surface area contributed by atoms with Gasteiger partial charge >= 0.3 is 0 Å². The smallest absolute Gasteiger partial charge is 0.100 e. The van der Waals surface area contributed by atoms with Crippen molar-refractivity contribution >= 4 is 0 Å². The summed E-state index contributed by atoms with van der Waals surface area (Å²) in [5.41, 5.74) is 2.45. The Hall–Kier alpha value is -2.15. The van der Waals surface area contributed by atoms with Gasteiger partial charge in [0, 0.05) is 0 Å². The van der Waals surface area contributed by atoms with E-state index in [0.717, 1.165) is 17.1 Å². The minimum Gasteiger partial charge on any atom is -0.198 e. The van der Waals surface area contributed by atoms with Crippen molar-refractivity contribution in [2.45, 2.75) is 13.3 Å². The van der Waals surface area contributed by atoms with E-state index in [1.165, 1.54) is 0 Å². The summed E-state index contributed by atoms with van der Waals surface area (Å²) < 4.78 is 0. The van der Waals surface area contributed by atoms with E-state index < -0.39 is 0 Å². The summed E-state index contributed by atoms with van der Waals surface area (Å²) in [6.07, 6.45) is 0.304. The molecule has 0 fully saturated rings. The van der Waals surface area contributed by atoms with E-state index in [9.17, 15) is 0 Å². The number of aromatic nitrogens is 3. The SMILES string of the molecule is Cc1nn(-c2ccccc2)nc1CC#N. The van der Waals surface area contributed by atoms with Crippen molar-refractivity contribution in [3.8, 4) is 11.8 Å². The van der Waals surface area contributed by atoms with E-state index in [4.69, 9.17) is 5.26 Å². The van der Waals surface area contributed by atoms with Gasteiger partial charge in [0.15, 0.2) is 0 Å². The molecule has 1 aromatic carbocycles. The second kappa shape index (κ2) is 3.93. The molecule has 4 heteroatoms. The van der Waals surface area contributed by atoms with E-state index in [1.807, 2.05) is 37.3 Å². The number of aryl methyl sites for hydroxylation is 1. The van der Waals surface area contributed by atoms with Crippen LogP contribution in [-0.4, -0.2) is 15.0 Å². The molecule has 4 nitrogen and oxygen atoms in total. The number of hydrogen-bond donors (Lipinski definition) is 0. The Morgan fingerprint density at radius 3 is 2.67 bits per heavy atom. The molecule has 0 spiro atoms. The Bertz CT molecular complexity index is 493. The summed E-state index contributed by atoms with van der Waals surface area (Å²) in [5, 5.41) is 17.1. The van der Waals surface area contributed by atoms with Gasteiger partial charge in [0.25, 0.3) is 0 Å². The molecule has 0 bridgehead atoms. The van der Waals surface area contributed by atoms with Crippen LogP contribution in [0.3, 0.4) is 0 Å². The Morgan fingerprint density at radius 2 is 2.00 bits per heavy atom. The first-order valence-electron chi connectivity index (χ1n) is 4.66. The third-order valence-corrected chi connectivity index (χ3v) is 2.11. The van der Waals surface area contributed by atoms with Gasteiger partial charge in [0.05, 0.1) is 23.9 Å². The Balaban J connectivity index is 2.40. The van der Waals surface area contributed by atoms with Crippen LogP contribution in [0.1, 0.15) is 11.4 Å². The van der Waals surface area contributed by atoms with Crippen molar-refractivity contribution in [1.29, 1.82) is 5.26 Å². The van der Waals surface area contributed by atoms with Gasteiger partial charge in [-0.1, -0.05) is 18.2 Å². The molecule has 0 aliphatic carbocycles. The fraction of sp³-hybridized carbons (Fsp3) is 0.182. The highest BCUT2D eigenvalue weighted by molar-refractivity contribution is 5.29. The van der Waals surface area contributed by atoms with Gasteiger partial charge in [-0.05, 0) is 19.1 Å². The summed E-state index contributed by atoms with van der Waals surface area (Å²) >= 11 is 0. The van der Waals surface area contributed by atoms with E-state index in [1.54, 1.807) is 4.80 Å². The molecule has 0 N–H and O–H groups in total. The number of benzene rings is 1. The van der Waals surface area contributed by atoms with Crippen molar-refractivity contribution < 1.29 is 0 Å². The third kappa shape index (κ3) is 1.86. The normalized spacial score (nSPS) is 9.87. The predicted octanol–water partition coefficient (Wildman–Crippen LogP) is 1.64. The van der Waals surface area contributed by atoms with Crippen LogP contribution in [0.5, 0.6) is 0 Å². The maximum Gasteiger partial charge on any atom is 0.100 e. The Kier molecular flexibility index (Phi) is 2.46. The number of hydrogen-bond acceptors (Lipinski definition) is 3.